The van der Waals surface area contributed by atoms with Crippen LogP contribution >= 0.6 is 23.1 Å². The van der Waals surface area contributed by atoms with Gasteiger partial charge in [-0.3, -0.25) is 4.79 Å². The van der Waals surface area contributed by atoms with E-state index < -0.39 is 6.10 Å². The quantitative estimate of drug-likeness (QED) is 0.395. The number of thioether (sulfide) groups is 1. The zero-order valence-corrected chi connectivity index (χ0v) is 18.4. The summed E-state index contributed by atoms with van der Waals surface area (Å²) in [5.41, 5.74) is 2.96. The van der Waals surface area contributed by atoms with Gasteiger partial charge in [0.05, 0.1) is 6.10 Å². The minimum atomic E-state index is -0.413. The van der Waals surface area contributed by atoms with Crippen LogP contribution in [0.25, 0.3) is 0 Å². The molecule has 0 spiro atoms. The maximum Gasteiger partial charge on any atom is 0.227 e. The van der Waals surface area contributed by atoms with Crippen LogP contribution in [0.5, 0.6) is 0 Å². The number of nitrogens with zero attached hydrogens (tertiary/aromatic N) is 2. The molecule has 4 nitrogen and oxygen atoms in total. The molecule has 1 fully saturated rings. The summed E-state index contributed by atoms with van der Waals surface area (Å²) in [4.78, 5) is 18.9. The lowest BCUT2D eigenvalue weighted by atomic mass is 10.0. The summed E-state index contributed by atoms with van der Waals surface area (Å²) in [5.74, 6) is 1.17. The van der Waals surface area contributed by atoms with Gasteiger partial charge in [0.1, 0.15) is 4.34 Å². The van der Waals surface area contributed by atoms with Crippen LogP contribution in [0, 0.1) is 6.92 Å². The highest BCUT2D eigenvalue weighted by Gasteiger charge is 2.31. The van der Waals surface area contributed by atoms with E-state index in [2.05, 4.69) is 17.3 Å². The monoisotopic (exact) mass is 418 g/mol. The summed E-state index contributed by atoms with van der Waals surface area (Å²) in [6, 6.07) is 8.18. The Bertz CT molecular complexity index is 760. The molecular weight excluding hydrogens is 388 g/mol. The van der Waals surface area contributed by atoms with E-state index in [9.17, 15) is 9.90 Å². The van der Waals surface area contributed by atoms with Crippen LogP contribution in [0.3, 0.4) is 0 Å². The molecule has 1 aromatic carbocycles. The number of rotatable bonds is 10. The molecule has 1 aliphatic rings. The van der Waals surface area contributed by atoms with Gasteiger partial charge in [0.15, 0.2) is 0 Å². The molecule has 1 aliphatic heterocycles. The van der Waals surface area contributed by atoms with E-state index >= 15 is 0 Å². The third-order valence-corrected chi connectivity index (χ3v) is 7.41. The van der Waals surface area contributed by atoms with Gasteiger partial charge in [0.2, 0.25) is 5.91 Å². The molecule has 1 unspecified atom stereocenters. The van der Waals surface area contributed by atoms with Crippen LogP contribution in [0.15, 0.2) is 34.0 Å². The number of benzene rings is 1. The summed E-state index contributed by atoms with van der Waals surface area (Å²) in [6.45, 7) is 4.18. The molecule has 1 amide bonds. The summed E-state index contributed by atoms with van der Waals surface area (Å²) >= 11 is 3.47. The summed E-state index contributed by atoms with van der Waals surface area (Å²) < 4.78 is 1.11. The average Bonchev–Trinajstić information content (AvgIpc) is 3.27. The molecule has 28 heavy (non-hydrogen) atoms. The van der Waals surface area contributed by atoms with E-state index in [0.29, 0.717) is 6.42 Å². The van der Waals surface area contributed by atoms with Gasteiger partial charge < -0.3 is 10.0 Å². The third-order valence-electron chi connectivity index (χ3n) is 5.24. The zero-order chi connectivity index (χ0) is 19.9. The van der Waals surface area contributed by atoms with E-state index in [-0.39, 0.29) is 11.9 Å². The first-order valence-electron chi connectivity index (χ1n) is 10.2. The molecule has 3 rings (SSSR count). The number of aryl methyl sites for hydroxylation is 1. The first-order valence-corrected chi connectivity index (χ1v) is 12.1. The van der Waals surface area contributed by atoms with Crippen molar-refractivity contribution >= 4 is 34.7 Å². The standard InChI is InChI=1S/C22H30N2O2S2/c1-3-4-5-6-20(25)17-7-9-18(10-8-17)24-19(11-12-21(24)26)13-14-27-22-23-16(2)15-28-22/h7-10,15,19-20,25H,3-6,11-14H2,1-2H3/t19-,20?/m1/s1. The second-order valence-corrected chi connectivity index (χ2v) is 9.65. The van der Waals surface area contributed by atoms with Gasteiger partial charge in [-0.05, 0) is 43.9 Å². The number of hydrogen-bond donors (Lipinski definition) is 1. The van der Waals surface area contributed by atoms with Gasteiger partial charge in [-0.1, -0.05) is 50.1 Å². The van der Waals surface area contributed by atoms with Gasteiger partial charge >= 0.3 is 0 Å². The zero-order valence-electron chi connectivity index (χ0n) is 16.8. The van der Waals surface area contributed by atoms with Crippen LogP contribution in [-0.4, -0.2) is 27.8 Å². The van der Waals surface area contributed by atoms with Crippen molar-refractivity contribution in [2.45, 2.75) is 75.3 Å². The maximum absolute atomic E-state index is 12.5. The highest BCUT2D eigenvalue weighted by atomic mass is 32.2. The van der Waals surface area contributed by atoms with Gasteiger partial charge in [0, 0.05) is 35.0 Å². The lowest BCUT2D eigenvalue weighted by Gasteiger charge is -2.25. The van der Waals surface area contributed by atoms with Gasteiger partial charge in [-0.15, -0.1) is 11.3 Å². The topological polar surface area (TPSA) is 53.4 Å². The minimum absolute atomic E-state index is 0.205. The number of unbranched alkanes of at least 4 members (excludes halogenated alkanes) is 2. The van der Waals surface area contributed by atoms with Crippen molar-refractivity contribution in [3.8, 4) is 0 Å². The van der Waals surface area contributed by atoms with Gasteiger partial charge in [-0.2, -0.15) is 0 Å². The lowest BCUT2D eigenvalue weighted by molar-refractivity contribution is -0.117. The lowest BCUT2D eigenvalue weighted by Crippen LogP contribution is -2.33. The predicted molar refractivity (Wildman–Crippen MR) is 118 cm³/mol. The molecule has 1 N–H and O–H groups in total. The molecule has 0 radical (unpaired) electrons. The molecule has 2 heterocycles. The van der Waals surface area contributed by atoms with Crippen LogP contribution in [0.4, 0.5) is 5.69 Å². The molecule has 0 bridgehead atoms. The maximum atomic E-state index is 12.5. The van der Waals surface area contributed by atoms with Crippen molar-refractivity contribution in [1.29, 1.82) is 0 Å². The number of aliphatic hydroxyl groups excluding tert-OH is 1. The second-order valence-electron chi connectivity index (χ2n) is 7.45. The predicted octanol–water partition coefficient (Wildman–Crippen LogP) is 5.74. The Labute approximate surface area is 176 Å². The molecule has 0 saturated carbocycles. The largest absolute Gasteiger partial charge is 0.388 e. The number of anilines is 1. The van der Waals surface area contributed by atoms with E-state index in [1.54, 1.807) is 23.1 Å². The van der Waals surface area contributed by atoms with Crippen LogP contribution in [0.1, 0.15) is 69.2 Å². The highest BCUT2D eigenvalue weighted by Crippen LogP contribution is 2.32. The highest BCUT2D eigenvalue weighted by molar-refractivity contribution is 8.01. The molecule has 1 saturated heterocycles. The van der Waals surface area contributed by atoms with Crippen molar-refractivity contribution < 1.29 is 9.90 Å². The van der Waals surface area contributed by atoms with E-state index in [0.717, 1.165) is 65.6 Å². The molecule has 6 heteroatoms. The van der Waals surface area contributed by atoms with E-state index in [1.165, 1.54) is 0 Å². The van der Waals surface area contributed by atoms with Gasteiger partial charge in [-0.25, -0.2) is 4.98 Å². The molecule has 1 aromatic heterocycles. The Kier molecular flexibility index (Phi) is 7.94. The SMILES string of the molecule is CCCCCC(O)c1ccc(N2C(=O)CC[C@@H]2CCSc2nc(C)cs2)cc1. The van der Waals surface area contributed by atoms with Crippen LogP contribution < -0.4 is 4.90 Å². The summed E-state index contributed by atoms with van der Waals surface area (Å²) in [5, 5.41) is 12.4. The van der Waals surface area contributed by atoms with E-state index in [4.69, 9.17) is 0 Å². The summed E-state index contributed by atoms with van der Waals surface area (Å²) in [7, 11) is 0. The molecule has 0 aliphatic carbocycles. The number of amides is 1. The van der Waals surface area contributed by atoms with Crippen molar-refractivity contribution in [3.05, 3.63) is 40.9 Å². The van der Waals surface area contributed by atoms with Crippen LogP contribution in [0.2, 0.25) is 0 Å². The number of carbonyl (C=O) groups is 1. The summed E-state index contributed by atoms with van der Waals surface area (Å²) in [6.07, 6.45) is 6.24. The van der Waals surface area contributed by atoms with Crippen molar-refractivity contribution in [1.82, 2.24) is 4.98 Å². The fraction of sp³-hybridized carbons (Fsp3) is 0.545. The van der Waals surface area contributed by atoms with Gasteiger partial charge in [0.25, 0.3) is 0 Å². The molecule has 2 aromatic rings. The van der Waals surface area contributed by atoms with Crippen molar-refractivity contribution in [2.75, 3.05) is 10.7 Å². The number of thiazole rings is 1. The van der Waals surface area contributed by atoms with Crippen molar-refractivity contribution in [3.63, 3.8) is 0 Å². The first kappa shape index (κ1) is 21.3. The number of aromatic nitrogens is 1. The Morgan fingerprint density at radius 2 is 2.11 bits per heavy atom. The smallest absolute Gasteiger partial charge is 0.227 e. The second kappa shape index (κ2) is 10.4. The minimum Gasteiger partial charge on any atom is -0.388 e. The van der Waals surface area contributed by atoms with E-state index in [1.807, 2.05) is 36.1 Å². The Balaban J connectivity index is 1.57. The fourth-order valence-electron chi connectivity index (χ4n) is 3.66. The molecule has 2 atom stereocenters. The molecule has 152 valence electrons. The van der Waals surface area contributed by atoms with Crippen molar-refractivity contribution in [2.24, 2.45) is 0 Å². The third kappa shape index (κ3) is 5.58. The molecular formula is C22H30N2O2S2. The Morgan fingerprint density at radius 1 is 1.32 bits per heavy atom. The van der Waals surface area contributed by atoms with Crippen LogP contribution in [-0.2, 0) is 4.79 Å². The number of aliphatic hydroxyl groups is 1. The normalized spacial score (nSPS) is 18.0. The average molecular weight is 419 g/mol. The first-order chi connectivity index (χ1) is 13.6. The fourth-order valence-corrected chi connectivity index (χ4v) is 5.62. The number of carbonyl (C=O) groups excluding carboxylic acids is 1. The Morgan fingerprint density at radius 3 is 2.79 bits per heavy atom. The number of hydrogen-bond acceptors (Lipinski definition) is 5. The Hall–Kier alpha value is -1.37.